The van der Waals surface area contributed by atoms with Crippen molar-refractivity contribution in [3.05, 3.63) is 23.7 Å². The molecule has 3 rings (SSSR count). The second-order valence-corrected chi connectivity index (χ2v) is 6.80. The molecule has 2 unspecified atom stereocenters. The maximum absolute atomic E-state index is 13.0. The van der Waals surface area contributed by atoms with Crippen molar-refractivity contribution in [2.75, 3.05) is 17.7 Å². The summed E-state index contributed by atoms with van der Waals surface area (Å²) in [6.07, 6.45) is -0.109. The van der Waals surface area contributed by atoms with Crippen LogP contribution in [0.25, 0.3) is 0 Å². The normalized spacial score (nSPS) is 23.3. The SMILES string of the molecule is CNc1nc(Nc2cnn(C3CC(C)OC(C)C3)c2C)ncc1C(F)(F)F. The van der Waals surface area contributed by atoms with Gasteiger partial charge in [-0.15, -0.1) is 0 Å². The molecule has 1 aliphatic heterocycles. The molecule has 10 heteroatoms. The molecule has 0 bridgehead atoms. The molecular weight excluding hydrogens is 361 g/mol. The first-order chi connectivity index (χ1) is 12.7. The Bertz CT molecular complexity index is 796. The van der Waals surface area contributed by atoms with E-state index in [0.717, 1.165) is 24.7 Å². The lowest BCUT2D eigenvalue weighted by Gasteiger charge is -2.32. The van der Waals surface area contributed by atoms with E-state index in [4.69, 9.17) is 4.74 Å². The topological polar surface area (TPSA) is 76.9 Å². The lowest BCUT2D eigenvalue weighted by Crippen LogP contribution is -2.31. The Kier molecular flexibility index (Phi) is 5.27. The van der Waals surface area contributed by atoms with Crippen molar-refractivity contribution in [2.45, 2.75) is 58.0 Å². The number of aromatic nitrogens is 4. The summed E-state index contributed by atoms with van der Waals surface area (Å²) in [5, 5.41) is 9.88. The Labute approximate surface area is 155 Å². The van der Waals surface area contributed by atoms with Gasteiger partial charge in [-0.2, -0.15) is 23.3 Å². The molecule has 1 saturated heterocycles. The first-order valence-corrected chi connectivity index (χ1v) is 8.77. The molecule has 3 heterocycles. The minimum absolute atomic E-state index is 0.0729. The monoisotopic (exact) mass is 384 g/mol. The van der Waals surface area contributed by atoms with Crippen LogP contribution in [-0.4, -0.2) is 39.0 Å². The van der Waals surface area contributed by atoms with Crippen LogP contribution in [0.3, 0.4) is 0 Å². The molecule has 1 fully saturated rings. The summed E-state index contributed by atoms with van der Waals surface area (Å²) in [6, 6.07) is 0.209. The van der Waals surface area contributed by atoms with E-state index in [1.807, 2.05) is 25.5 Å². The first-order valence-electron chi connectivity index (χ1n) is 8.77. The molecule has 0 radical (unpaired) electrons. The predicted molar refractivity (Wildman–Crippen MR) is 95.1 cm³/mol. The molecule has 7 nitrogen and oxygen atoms in total. The molecule has 2 aromatic heterocycles. The van der Waals surface area contributed by atoms with E-state index in [2.05, 4.69) is 25.7 Å². The smallest absolute Gasteiger partial charge is 0.375 e. The van der Waals surface area contributed by atoms with Crippen molar-refractivity contribution in [3.8, 4) is 0 Å². The summed E-state index contributed by atoms with van der Waals surface area (Å²) in [4.78, 5) is 7.73. The first kappa shape index (κ1) is 19.4. The Morgan fingerprint density at radius 2 is 1.85 bits per heavy atom. The van der Waals surface area contributed by atoms with Gasteiger partial charge < -0.3 is 15.4 Å². The number of hydrogen-bond donors (Lipinski definition) is 2. The molecule has 0 amide bonds. The molecule has 0 spiro atoms. The van der Waals surface area contributed by atoms with E-state index < -0.39 is 11.7 Å². The standard InChI is InChI=1S/C17H23F3N6O/c1-9-5-12(6-10(2)27-9)26-11(3)14(8-23-26)24-16-22-7-13(17(18,19)20)15(21-4)25-16/h7-10,12H,5-6H2,1-4H3,(H2,21,22,24,25). The molecule has 2 N–H and O–H groups in total. The number of nitrogens with one attached hydrogen (secondary N) is 2. The van der Waals surface area contributed by atoms with Gasteiger partial charge in [-0.1, -0.05) is 0 Å². The zero-order valence-corrected chi connectivity index (χ0v) is 15.6. The lowest BCUT2D eigenvalue weighted by molar-refractivity contribution is -0.137. The number of halogens is 3. The van der Waals surface area contributed by atoms with E-state index in [-0.39, 0.29) is 30.0 Å². The number of alkyl halides is 3. The third kappa shape index (κ3) is 4.15. The molecule has 0 aromatic carbocycles. The van der Waals surface area contributed by atoms with E-state index in [9.17, 15) is 13.2 Å². The van der Waals surface area contributed by atoms with Crippen molar-refractivity contribution in [1.29, 1.82) is 0 Å². The third-order valence-corrected chi connectivity index (χ3v) is 4.64. The summed E-state index contributed by atoms with van der Waals surface area (Å²) in [7, 11) is 1.39. The summed E-state index contributed by atoms with van der Waals surface area (Å²) in [5.41, 5.74) is 0.618. The molecule has 1 aliphatic rings. The van der Waals surface area contributed by atoms with Gasteiger partial charge >= 0.3 is 6.18 Å². The van der Waals surface area contributed by atoms with Crippen LogP contribution in [0.5, 0.6) is 0 Å². The number of rotatable bonds is 4. The maximum atomic E-state index is 13.0. The highest BCUT2D eigenvalue weighted by Crippen LogP contribution is 2.34. The van der Waals surface area contributed by atoms with Gasteiger partial charge in [0.05, 0.1) is 35.8 Å². The second kappa shape index (κ2) is 7.34. The Hall–Kier alpha value is -2.36. The minimum atomic E-state index is -4.52. The fourth-order valence-corrected chi connectivity index (χ4v) is 3.44. The van der Waals surface area contributed by atoms with Crippen LogP contribution in [0.4, 0.5) is 30.6 Å². The second-order valence-electron chi connectivity index (χ2n) is 6.80. The van der Waals surface area contributed by atoms with Crippen molar-refractivity contribution in [2.24, 2.45) is 0 Å². The zero-order valence-electron chi connectivity index (χ0n) is 15.6. The summed E-state index contributed by atoms with van der Waals surface area (Å²) >= 11 is 0. The van der Waals surface area contributed by atoms with Crippen LogP contribution in [0.15, 0.2) is 12.4 Å². The van der Waals surface area contributed by atoms with Gasteiger partial charge in [0.1, 0.15) is 11.4 Å². The van der Waals surface area contributed by atoms with E-state index >= 15 is 0 Å². The van der Waals surface area contributed by atoms with Crippen molar-refractivity contribution in [3.63, 3.8) is 0 Å². The van der Waals surface area contributed by atoms with Gasteiger partial charge in [0, 0.05) is 13.2 Å². The molecule has 148 valence electrons. The Morgan fingerprint density at radius 1 is 1.19 bits per heavy atom. The third-order valence-electron chi connectivity index (χ3n) is 4.64. The molecule has 0 aliphatic carbocycles. The molecule has 0 saturated carbocycles. The maximum Gasteiger partial charge on any atom is 0.421 e. The van der Waals surface area contributed by atoms with Crippen LogP contribution in [0.2, 0.25) is 0 Å². The van der Waals surface area contributed by atoms with Gasteiger partial charge in [0.2, 0.25) is 5.95 Å². The average molecular weight is 384 g/mol. The van der Waals surface area contributed by atoms with E-state index in [0.29, 0.717) is 5.69 Å². The molecule has 27 heavy (non-hydrogen) atoms. The quantitative estimate of drug-likeness (QED) is 0.832. The number of ether oxygens (including phenoxy) is 1. The zero-order chi connectivity index (χ0) is 19.8. The van der Waals surface area contributed by atoms with Crippen LogP contribution >= 0.6 is 0 Å². The van der Waals surface area contributed by atoms with Gasteiger partial charge in [0.25, 0.3) is 0 Å². The molecule has 2 aromatic rings. The minimum Gasteiger partial charge on any atom is -0.375 e. The highest BCUT2D eigenvalue weighted by Gasteiger charge is 2.35. The lowest BCUT2D eigenvalue weighted by atomic mass is 10.00. The predicted octanol–water partition coefficient (Wildman–Crippen LogP) is 3.91. The largest absolute Gasteiger partial charge is 0.421 e. The number of hydrogen-bond acceptors (Lipinski definition) is 6. The van der Waals surface area contributed by atoms with E-state index in [1.165, 1.54) is 7.05 Å². The highest BCUT2D eigenvalue weighted by molar-refractivity contribution is 5.58. The van der Waals surface area contributed by atoms with Crippen molar-refractivity contribution in [1.82, 2.24) is 19.7 Å². The molecule has 2 atom stereocenters. The highest BCUT2D eigenvalue weighted by atomic mass is 19.4. The van der Waals surface area contributed by atoms with Crippen molar-refractivity contribution >= 4 is 17.5 Å². The van der Waals surface area contributed by atoms with Crippen LogP contribution in [-0.2, 0) is 10.9 Å². The fraction of sp³-hybridized carbons (Fsp3) is 0.588. The molecular formula is C17H23F3N6O. The van der Waals surface area contributed by atoms with Gasteiger partial charge in [-0.05, 0) is 33.6 Å². The van der Waals surface area contributed by atoms with Gasteiger partial charge in [-0.3, -0.25) is 4.68 Å². The average Bonchev–Trinajstić information content (AvgIpc) is 2.93. The summed E-state index contributed by atoms with van der Waals surface area (Å²) in [5.74, 6) is -0.208. The Morgan fingerprint density at radius 3 is 2.44 bits per heavy atom. The van der Waals surface area contributed by atoms with Crippen LogP contribution in [0, 0.1) is 6.92 Å². The summed E-state index contributed by atoms with van der Waals surface area (Å²) in [6.45, 7) is 5.98. The van der Waals surface area contributed by atoms with E-state index in [1.54, 1.807) is 6.20 Å². The van der Waals surface area contributed by atoms with Crippen molar-refractivity contribution < 1.29 is 17.9 Å². The fourth-order valence-electron chi connectivity index (χ4n) is 3.44. The summed E-state index contributed by atoms with van der Waals surface area (Å²) < 4.78 is 46.6. The van der Waals surface area contributed by atoms with Crippen LogP contribution in [0.1, 0.15) is 44.0 Å². The van der Waals surface area contributed by atoms with Gasteiger partial charge in [0.15, 0.2) is 0 Å². The van der Waals surface area contributed by atoms with Crippen LogP contribution < -0.4 is 10.6 Å². The number of nitrogens with zero attached hydrogens (tertiary/aromatic N) is 4. The Balaban J connectivity index is 1.82. The number of anilines is 3. The van der Waals surface area contributed by atoms with Gasteiger partial charge in [-0.25, -0.2) is 4.98 Å².